The first-order chi connectivity index (χ1) is 8.65. The van der Waals surface area contributed by atoms with Crippen LogP contribution in [0.25, 0.3) is 0 Å². The smallest absolute Gasteiger partial charge is 0.488 e. The number of phenolic OH excluding ortho intramolecular Hbond substituents is 1. The molecule has 0 radical (unpaired) electrons. The van der Waals surface area contributed by atoms with E-state index in [1.807, 2.05) is 0 Å². The SMILES string of the molecule is OB(O)c1ccc(OCc2ccc(O)cc2)cc1. The Morgan fingerprint density at radius 2 is 1.50 bits per heavy atom. The predicted molar refractivity (Wildman–Crippen MR) is 68.7 cm³/mol. The molecule has 0 amide bonds. The molecule has 18 heavy (non-hydrogen) atoms. The maximum absolute atomic E-state index is 9.14. The van der Waals surface area contributed by atoms with Crippen molar-refractivity contribution < 1.29 is 19.9 Å². The summed E-state index contributed by atoms with van der Waals surface area (Å²) in [5.41, 5.74) is 1.37. The molecule has 0 unspecified atom stereocenters. The van der Waals surface area contributed by atoms with Crippen molar-refractivity contribution in [1.29, 1.82) is 0 Å². The number of hydrogen-bond acceptors (Lipinski definition) is 4. The van der Waals surface area contributed by atoms with E-state index in [1.165, 1.54) is 0 Å². The van der Waals surface area contributed by atoms with Crippen LogP contribution in [0, 0.1) is 0 Å². The van der Waals surface area contributed by atoms with E-state index in [9.17, 15) is 0 Å². The summed E-state index contributed by atoms with van der Waals surface area (Å²) in [4.78, 5) is 0. The number of aromatic hydroxyl groups is 1. The summed E-state index contributed by atoms with van der Waals surface area (Å²) in [7, 11) is -1.46. The fourth-order valence-corrected chi connectivity index (χ4v) is 1.50. The maximum Gasteiger partial charge on any atom is 0.488 e. The lowest BCUT2D eigenvalue weighted by Crippen LogP contribution is -2.29. The zero-order valence-corrected chi connectivity index (χ0v) is 9.65. The lowest BCUT2D eigenvalue weighted by atomic mass is 9.80. The van der Waals surface area contributed by atoms with Gasteiger partial charge in [0.2, 0.25) is 0 Å². The van der Waals surface area contributed by atoms with Crippen molar-refractivity contribution in [3.8, 4) is 11.5 Å². The highest BCUT2D eigenvalue weighted by Crippen LogP contribution is 2.13. The van der Waals surface area contributed by atoms with Crippen molar-refractivity contribution in [2.24, 2.45) is 0 Å². The second kappa shape index (κ2) is 5.57. The fraction of sp³-hybridized carbons (Fsp3) is 0.0769. The summed E-state index contributed by atoms with van der Waals surface area (Å²) in [5.74, 6) is 0.868. The molecule has 0 saturated heterocycles. The maximum atomic E-state index is 9.14. The molecule has 0 aliphatic carbocycles. The normalized spacial score (nSPS) is 10.1. The molecule has 0 spiro atoms. The Labute approximate surface area is 105 Å². The Bertz CT molecular complexity index is 493. The molecular formula is C13H13BO4. The first-order valence-electron chi connectivity index (χ1n) is 5.52. The summed E-state index contributed by atoms with van der Waals surface area (Å²) in [6.45, 7) is 0.390. The molecule has 0 fully saturated rings. The van der Waals surface area contributed by atoms with Crippen LogP contribution in [0.2, 0.25) is 0 Å². The van der Waals surface area contributed by atoms with Crippen LogP contribution in [0.15, 0.2) is 48.5 Å². The van der Waals surface area contributed by atoms with Crippen LogP contribution in [0.3, 0.4) is 0 Å². The van der Waals surface area contributed by atoms with Gasteiger partial charge in [-0.2, -0.15) is 0 Å². The standard InChI is InChI=1S/C13H13BO4/c15-12-5-1-10(2-6-12)9-18-13-7-3-11(4-8-13)14(16)17/h1-8,15-17H,9H2. The Hall–Kier alpha value is -1.98. The molecule has 0 aliphatic rings. The molecule has 5 heteroatoms. The largest absolute Gasteiger partial charge is 0.508 e. The Kier molecular flexibility index (Phi) is 3.87. The third-order valence-electron chi connectivity index (χ3n) is 2.52. The van der Waals surface area contributed by atoms with Crippen LogP contribution < -0.4 is 10.2 Å². The van der Waals surface area contributed by atoms with Crippen LogP contribution in [0.1, 0.15) is 5.56 Å². The van der Waals surface area contributed by atoms with Gasteiger partial charge in [0, 0.05) is 0 Å². The van der Waals surface area contributed by atoms with E-state index in [-0.39, 0.29) is 5.75 Å². The van der Waals surface area contributed by atoms with Gasteiger partial charge in [-0.05, 0) is 35.3 Å². The second-order valence-electron chi connectivity index (χ2n) is 3.90. The zero-order chi connectivity index (χ0) is 13.0. The van der Waals surface area contributed by atoms with Crippen molar-refractivity contribution >= 4 is 12.6 Å². The van der Waals surface area contributed by atoms with E-state index < -0.39 is 7.12 Å². The molecule has 2 aromatic carbocycles. The van der Waals surface area contributed by atoms with Gasteiger partial charge in [0.1, 0.15) is 18.1 Å². The van der Waals surface area contributed by atoms with E-state index in [4.69, 9.17) is 19.9 Å². The van der Waals surface area contributed by atoms with Crippen LogP contribution in [-0.2, 0) is 6.61 Å². The minimum Gasteiger partial charge on any atom is -0.508 e. The molecule has 0 bridgehead atoms. The Morgan fingerprint density at radius 3 is 2.06 bits per heavy atom. The summed E-state index contributed by atoms with van der Waals surface area (Å²) < 4.78 is 5.52. The third-order valence-corrected chi connectivity index (χ3v) is 2.52. The summed E-state index contributed by atoms with van der Waals surface area (Å²) in [6, 6.07) is 13.3. The lowest BCUT2D eigenvalue weighted by Gasteiger charge is -2.07. The van der Waals surface area contributed by atoms with Crippen molar-refractivity contribution in [3.63, 3.8) is 0 Å². The molecule has 3 N–H and O–H groups in total. The minimum atomic E-state index is -1.46. The van der Waals surface area contributed by atoms with Gasteiger partial charge in [-0.15, -0.1) is 0 Å². The van der Waals surface area contributed by atoms with Crippen molar-refractivity contribution in [2.75, 3.05) is 0 Å². The molecule has 0 aliphatic heterocycles. The molecule has 0 heterocycles. The summed E-state index contributed by atoms with van der Waals surface area (Å²) >= 11 is 0. The van der Waals surface area contributed by atoms with Gasteiger partial charge in [-0.25, -0.2) is 0 Å². The number of rotatable bonds is 4. The average Bonchev–Trinajstić information content (AvgIpc) is 2.38. The van der Waals surface area contributed by atoms with E-state index >= 15 is 0 Å². The minimum absolute atomic E-state index is 0.222. The molecule has 2 rings (SSSR count). The van der Waals surface area contributed by atoms with Gasteiger partial charge in [0.15, 0.2) is 0 Å². The Balaban J connectivity index is 1.95. The molecular weight excluding hydrogens is 231 g/mol. The van der Waals surface area contributed by atoms with Crippen LogP contribution in [-0.4, -0.2) is 22.3 Å². The van der Waals surface area contributed by atoms with E-state index in [0.717, 1.165) is 5.56 Å². The predicted octanol–water partition coefficient (Wildman–Crippen LogP) is 0.651. The van der Waals surface area contributed by atoms with Crippen LogP contribution >= 0.6 is 0 Å². The van der Waals surface area contributed by atoms with Gasteiger partial charge in [0.25, 0.3) is 0 Å². The highest BCUT2D eigenvalue weighted by molar-refractivity contribution is 6.58. The van der Waals surface area contributed by atoms with Gasteiger partial charge < -0.3 is 19.9 Å². The lowest BCUT2D eigenvalue weighted by molar-refractivity contribution is 0.306. The monoisotopic (exact) mass is 244 g/mol. The number of ether oxygens (including phenoxy) is 1. The van der Waals surface area contributed by atoms with Crippen molar-refractivity contribution in [3.05, 3.63) is 54.1 Å². The number of hydrogen-bond donors (Lipinski definition) is 3. The highest BCUT2D eigenvalue weighted by atomic mass is 16.5. The highest BCUT2D eigenvalue weighted by Gasteiger charge is 2.09. The first kappa shape index (κ1) is 12.5. The van der Waals surface area contributed by atoms with E-state index in [1.54, 1.807) is 48.5 Å². The van der Waals surface area contributed by atoms with Crippen LogP contribution in [0.5, 0.6) is 11.5 Å². The molecule has 2 aromatic rings. The second-order valence-corrected chi connectivity index (χ2v) is 3.90. The van der Waals surface area contributed by atoms with E-state index in [2.05, 4.69) is 0 Å². The van der Waals surface area contributed by atoms with Gasteiger partial charge in [-0.3, -0.25) is 0 Å². The summed E-state index contributed by atoms with van der Waals surface area (Å²) in [5, 5.41) is 27.0. The van der Waals surface area contributed by atoms with Gasteiger partial charge in [0.05, 0.1) is 0 Å². The van der Waals surface area contributed by atoms with Gasteiger partial charge >= 0.3 is 7.12 Å². The molecule has 4 nitrogen and oxygen atoms in total. The Morgan fingerprint density at radius 1 is 0.889 bits per heavy atom. The molecule has 0 atom stereocenters. The number of benzene rings is 2. The molecule has 0 aromatic heterocycles. The fourth-order valence-electron chi connectivity index (χ4n) is 1.50. The topological polar surface area (TPSA) is 69.9 Å². The zero-order valence-electron chi connectivity index (χ0n) is 9.65. The van der Waals surface area contributed by atoms with Crippen molar-refractivity contribution in [1.82, 2.24) is 0 Å². The third kappa shape index (κ3) is 3.26. The van der Waals surface area contributed by atoms with Crippen molar-refractivity contribution in [2.45, 2.75) is 6.61 Å². The van der Waals surface area contributed by atoms with E-state index in [0.29, 0.717) is 17.8 Å². The van der Waals surface area contributed by atoms with Gasteiger partial charge in [-0.1, -0.05) is 24.3 Å². The number of phenols is 1. The average molecular weight is 244 g/mol. The molecule has 92 valence electrons. The van der Waals surface area contributed by atoms with Crippen LogP contribution in [0.4, 0.5) is 0 Å². The first-order valence-corrected chi connectivity index (χ1v) is 5.52. The quantitative estimate of drug-likeness (QED) is 0.690. The molecule has 0 saturated carbocycles. The summed E-state index contributed by atoms with van der Waals surface area (Å²) in [6.07, 6.45) is 0.